The summed E-state index contributed by atoms with van der Waals surface area (Å²) in [6.07, 6.45) is 0.801. The van der Waals surface area contributed by atoms with Gasteiger partial charge in [-0.05, 0) is 36.8 Å². The van der Waals surface area contributed by atoms with Gasteiger partial charge < -0.3 is 19.6 Å². The predicted octanol–water partition coefficient (Wildman–Crippen LogP) is 2.48. The van der Waals surface area contributed by atoms with E-state index in [1.165, 1.54) is 26.2 Å². The van der Waals surface area contributed by atoms with Crippen LogP contribution in [-0.4, -0.2) is 58.3 Å². The number of anilines is 1. The number of carbonyl (C=O) groups excluding carboxylic acids is 1. The maximum atomic E-state index is 12.1. The van der Waals surface area contributed by atoms with Gasteiger partial charge in [-0.1, -0.05) is 17.3 Å². The van der Waals surface area contributed by atoms with Gasteiger partial charge in [0.15, 0.2) is 18.1 Å². The summed E-state index contributed by atoms with van der Waals surface area (Å²) in [6, 6.07) is 11.5. The molecule has 0 bridgehead atoms. The molecule has 3 rings (SSSR count). The fourth-order valence-corrected chi connectivity index (χ4v) is 3.66. The van der Waals surface area contributed by atoms with Crippen molar-refractivity contribution in [1.82, 2.24) is 4.31 Å². The lowest BCUT2D eigenvalue weighted by molar-refractivity contribution is -0.120. The summed E-state index contributed by atoms with van der Waals surface area (Å²) in [4.78, 5) is 17.5. The van der Waals surface area contributed by atoms with Gasteiger partial charge >= 0.3 is 0 Å². The number of benzene rings is 2. The summed E-state index contributed by atoms with van der Waals surface area (Å²) in [7, 11) is -0.546. The van der Waals surface area contributed by atoms with Gasteiger partial charge in [0.2, 0.25) is 10.0 Å². The lowest BCUT2D eigenvalue weighted by Crippen LogP contribution is -2.22. The SMILES string of the molecule is C/C(=N\OCC(=O)Nc1ccc2c(c1)OCCCO2)c1ccc(S(=O)(=O)N(C)C)cc1. The number of carbonyl (C=O) groups is 1. The predicted molar refractivity (Wildman–Crippen MR) is 116 cm³/mol. The highest BCUT2D eigenvalue weighted by Gasteiger charge is 2.17. The molecule has 9 nitrogen and oxygen atoms in total. The number of nitrogens with zero attached hydrogens (tertiary/aromatic N) is 2. The van der Waals surface area contributed by atoms with E-state index in [1.54, 1.807) is 37.3 Å². The zero-order valence-electron chi connectivity index (χ0n) is 17.6. The van der Waals surface area contributed by atoms with Crippen LogP contribution in [-0.2, 0) is 19.7 Å². The molecule has 1 aliphatic heterocycles. The van der Waals surface area contributed by atoms with E-state index >= 15 is 0 Å². The molecule has 0 unspecified atom stereocenters. The second-order valence-electron chi connectivity index (χ2n) is 7.02. The number of oxime groups is 1. The Morgan fingerprint density at radius 1 is 1.10 bits per heavy atom. The summed E-state index contributed by atoms with van der Waals surface area (Å²) >= 11 is 0. The van der Waals surface area contributed by atoms with Crippen molar-refractivity contribution in [3.8, 4) is 11.5 Å². The zero-order chi connectivity index (χ0) is 22.4. The number of rotatable bonds is 7. The van der Waals surface area contributed by atoms with Crippen molar-refractivity contribution in [1.29, 1.82) is 0 Å². The van der Waals surface area contributed by atoms with Crippen LogP contribution < -0.4 is 14.8 Å². The molecular weight excluding hydrogens is 422 g/mol. The number of hydrogen-bond donors (Lipinski definition) is 1. The van der Waals surface area contributed by atoms with Gasteiger partial charge in [0.1, 0.15) is 0 Å². The maximum Gasteiger partial charge on any atom is 0.265 e. The normalized spacial score (nSPS) is 14.1. The van der Waals surface area contributed by atoms with Gasteiger partial charge in [0.05, 0.1) is 23.8 Å². The van der Waals surface area contributed by atoms with Crippen LogP contribution in [0.2, 0.25) is 0 Å². The molecule has 0 saturated heterocycles. The van der Waals surface area contributed by atoms with Gasteiger partial charge in [0, 0.05) is 32.3 Å². The highest BCUT2D eigenvalue weighted by atomic mass is 32.2. The minimum Gasteiger partial charge on any atom is -0.490 e. The summed E-state index contributed by atoms with van der Waals surface area (Å²) < 4.78 is 36.6. The Kier molecular flexibility index (Phi) is 7.13. The third-order valence-corrected chi connectivity index (χ3v) is 6.31. The first-order chi connectivity index (χ1) is 14.8. The molecule has 31 heavy (non-hydrogen) atoms. The third-order valence-electron chi connectivity index (χ3n) is 4.48. The van der Waals surface area contributed by atoms with E-state index in [4.69, 9.17) is 14.3 Å². The van der Waals surface area contributed by atoms with Gasteiger partial charge in [0.25, 0.3) is 5.91 Å². The van der Waals surface area contributed by atoms with Crippen LogP contribution in [0.1, 0.15) is 18.9 Å². The Labute approximate surface area is 181 Å². The first-order valence-corrected chi connectivity index (χ1v) is 11.1. The Morgan fingerprint density at radius 2 is 1.77 bits per heavy atom. The molecular formula is C21H25N3O6S. The van der Waals surface area contributed by atoms with Crippen LogP contribution in [0.4, 0.5) is 5.69 Å². The third kappa shape index (κ3) is 5.74. The topological polar surface area (TPSA) is 107 Å². The average molecular weight is 448 g/mol. The second-order valence-corrected chi connectivity index (χ2v) is 9.17. The van der Waals surface area contributed by atoms with E-state index in [1.807, 2.05) is 0 Å². The van der Waals surface area contributed by atoms with Crippen LogP contribution >= 0.6 is 0 Å². The summed E-state index contributed by atoms with van der Waals surface area (Å²) in [5.74, 6) is 0.861. The fraction of sp³-hybridized carbons (Fsp3) is 0.333. The smallest absolute Gasteiger partial charge is 0.265 e. The number of ether oxygens (including phenoxy) is 2. The lowest BCUT2D eigenvalue weighted by Gasteiger charge is -2.11. The molecule has 10 heteroatoms. The summed E-state index contributed by atoms with van der Waals surface area (Å²) in [5, 5.41) is 6.66. The molecule has 166 valence electrons. The molecule has 0 fully saturated rings. The highest BCUT2D eigenvalue weighted by Crippen LogP contribution is 2.32. The number of fused-ring (bicyclic) bond motifs is 1. The van der Waals surface area contributed by atoms with Crippen molar-refractivity contribution < 1.29 is 27.5 Å². The Hall–Kier alpha value is -3.11. The quantitative estimate of drug-likeness (QED) is 0.516. The monoisotopic (exact) mass is 447 g/mol. The largest absolute Gasteiger partial charge is 0.490 e. The second kappa shape index (κ2) is 9.80. The molecule has 0 radical (unpaired) electrons. The van der Waals surface area contributed by atoms with Crippen molar-refractivity contribution in [2.24, 2.45) is 5.16 Å². The number of amides is 1. The zero-order valence-corrected chi connectivity index (χ0v) is 18.4. The molecule has 1 heterocycles. The van der Waals surface area contributed by atoms with E-state index < -0.39 is 10.0 Å². The molecule has 0 spiro atoms. The van der Waals surface area contributed by atoms with Crippen molar-refractivity contribution in [3.63, 3.8) is 0 Å². The van der Waals surface area contributed by atoms with Crippen molar-refractivity contribution in [2.75, 3.05) is 39.2 Å². The molecule has 0 saturated carbocycles. The van der Waals surface area contributed by atoms with Gasteiger partial charge in [-0.15, -0.1) is 0 Å². The molecule has 0 aromatic heterocycles. The minimum absolute atomic E-state index is 0.185. The lowest BCUT2D eigenvalue weighted by atomic mass is 10.1. The van der Waals surface area contributed by atoms with Gasteiger partial charge in [-0.25, -0.2) is 12.7 Å². The van der Waals surface area contributed by atoms with Crippen LogP contribution in [0.3, 0.4) is 0 Å². The fourth-order valence-electron chi connectivity index (χ4n) is 2.76. The molecule has 0 atom stereocenters. The van der Waals surface area contributed by atoms with Crippen molar-refractivity contribution >= 4 is 27.3 Å². The maximum absolute atomic E-state index is 12.1. The van der Waals surface area contributed by atoms with Crippen LogP contribution in [0, 0.1) is 0 Å². The highest BCUT2D eigenvalue weighted by molar-refractivity contribution is 7.89. The van der Waals surface area contributed by atoms with Crippen LogP contribution in [0.25, 0.3) is 0 Å². The first kappa shape index (κ1) is 22.6. The standard InChI is InChI=1S/C21H25N3O6S/c1-15(16-5-8-18(9-6-16)31(26,27)24(2)3)23-30-14-21(25)22-17-7-10-19-20(13-17)29-12-4-11-28-19/h5-10,13H,4,11-12,14H2,1-3H3,(H,22,25)/b23-15+. The van der Waals surface area contributed by atoms with E-state index in [2.05, 4.69) is 10.5 Å². The molecule has 0 aliphatic carbocycles. The first-order valence-electron chi connectivity index (χ1n) is 9.66. The minimum atomic E-state index is -3.49. The van der Waals surface area contributed by atoms with E-state index in [0.29, 0.717) is 41.7 Å². The Morgan fingerprint density at radius 3 is 2.45 bits per heavy atom. The molecule has 2 aromatic rings. The van der Waals surface area contributed by atoms with Gasteiger partial charge in [-0.3, -0.25) is 4.79 Å². The molecule has 1 N–H and O–H groups in total. The van der Waals surface area contributed by atoms with E-state index in [0.717, 1.165) is 10.7 Å². The van der Waals surface area contributed by atoms with Crippen LogP contribution in [0.5, 0.6) is 11.5 Å². The van der Waals surface area contributed by atoms with E-state index in [-0.39, 0.29) is 17.4 Å². The van der Waals surface area contributed by atoms with E-state index in [9.17, 15) is 13.2 Å². The van der Waals surface area contributed by atoms with Crippen molar-refractivity contribution in [2.45, 2.75) is 18.2 Å². The molecule has 1 aliphatic rings. The number of nitrogens with one attached hydrogen (secondary N) is 1. The van der Waals surface area contributed by atoms with Crippen LogP contribution in [0.15, 0.2) is 52.5 Å². The number of sulfonamides is 1. The summed E-state index contributed by atoms with van der Waals surface area (Å²) in [5.41, 5.74) is 1.76. The summed E-state index contributed by atoms with van der Waals surface area (Å²) in [6.45, 7) is 2.58. The van der Waals surface area contributed by atoms with Gasteiger partial charge in [-0.2, -0.15) is 0 Å². The average Bonchev–Trinajstić information content (AvgIpc) is 2.98. The molecule has 1 amide bonds. The molecule has 2 aromatic carbocycles. The Balaban J connectivity index is 1.55. The number of hydrogen-bond acceptors (Lipinski definition) is 7. The Bertz CT molecular complexity index is 1070. The van der Waals surface area contributed by atoms with Crippen molar-refractivity contribution in [3.05, 3.63) is 48.0 Å².